The lowest BCUT2D eigenvalue weighted by Crippen LogP contribution is -2.33. The van der Waals surface area contributed by atoms with Crippen LogP contribution in [0.4, 0.5) is 0 Å². The lowest BCUT2D eigenvalue weighted by atomic mass is 10.1. The van der Waals surface area contributed by atoms with Gasteiger partial charge in [0.05, 0.1) is 12.3 Å². The molecule has 4 nitrogen and oxygen atoms in total. The molecule has 25 heavy (non-hydrogen) atoms. The number of nitrogens with zero attached hydrogens (tertiary/aromatic N) is 2. The van der Waals surface area contributed by atoms with Crippen LogP contribution in [0.25, 0.3) is 21.8 Å². The van der Waals surface area contributed by atoms with Crippen molar-refractivity contribution in [3.8, 4) is 21.8 Å². The standard InChI is InChI=1S/C20H20N2O2S/c1-2-22(13-14-23)20(24)18-17(15-9-5-3-6-10-15)21-19(25-18)16-11-7-4-8-12-16/h3-12,23H,2,13-14H2,1H3. The Bertz CT molecular complexity index is 831. The molecule has 3 aromatic rings. The predicted octanol–water partition coefficient (Wildman–Crippen LogP) is 3.93. The van der Waals surface area contributed by atoms with Crippen molar-refractivity contribution in [1.82, 2.24) is 9.88 Å². The molecular weight excluding hydrogens is 332 g/mol. The Morgan fingerprint density at radius 3 is 2.20 bits per heavy atom. The quantitative estimate of drug-likeness (QED) is 0.731. The van der Waals surface area contributed by atoms with Crippen molar-refractivity contribution in [2.45, 2.75) is 6.92 Å². The van der Waals surface area contributed by atoms with Crippen LogP contribution in [0.1, 0.15) is 16.6 Å². The molecule has 0 radical (unpaired) electrons. The molecule has 128 valence electrons. The van der Waals surface area contributed by atoms with Crippen LogP contribution in [0.5, 0.6) is 0 Å². The van der Waals surface area contributed by atoms with Gasteiger partial charge in [-0.3, -0.25) is 4.79 Å². The second-order valence-electron chi connectivity index (χ2n) is 5.54. The molecule has 5 heteroatoms. The molecule has 1 N–H and O–H groups in total. The molecule has 3 rings (SSSR count). The van der Waals surface area contributed by atoms with Crippen molar-refractivity contribution < 1.29 is 9.90 Å². The van der Waals surface area contributed by atoms with Crippen molar-refractivity contribution >= 4 is 17.2 Å². The first-order valence-corrected chi connectivity index (χ1v) is 9.08. The third-order valence-electron chi connectivity index (χ3n) is 3.93. The van der Waals surface area contributed by atoms with Gasteiger partial charge in [0.15, 0.2) is 0 Å². The Morgan fingerprint density at radius 1 is 1.04 bits per heavy atom. The number of hydrogen-bond acceptors (Lipinski definition) is 4. The number of carbonyl (C=O) groups is 1. The summed E-state index contributed by atoms with van der Waals surface area (Å²) >= 11 is 1.40. The van der Waals surface area contributed by atoms with Crippen LogP contribution in [-0.4, -0.2) is 40.6 Å². The van der Waals surface area contributed by atoms with Gasteiger partial charge < -0.3 is 10.0 Å². The van der Waals surface area contributed by atoms with E-state index in [0.29, 0.717) is 23.7 Å². The van der Waals surface area contributed by atoms with Crippen LogP contribution in [0.2, 0.25) is 0 Å². The van der Waals surface area contributed by atoms with Gasteiger partial charge in [0, 0.05) is 24.2 Å². The number of benzene rings is 2. The van der Waals surface area contributed by atoms with Gasteiger partial charge in [-0.2, -0.15) is 0 Å². The van der Waals surface area contributed by atoms with E-state index in [9.17, 15) is 9.90 Å². The molecule has 1 amide bonds. The van der Waals surface area contributed by atoms with E-state index in [4.69, 9.17) is 4.98 Å². The normalized spacial score (nSPS) is 10.6. The smallest absolute Gasteiger partial charge is 0.266 e. The number of aliphatic hydroxyl groups excluding tert-OH is 1. The van der Waals surface area contributed by atoms with E-state index >= 15 is 0 Å². The second-order valence-corrected chi connectivity index (χ2v) is 6.54. The summed E-state index contributed by atoms with van der Waals surface area (Å²) in [7, 11) is 0. The average Bonchev–Trinajstić information content (AvgIpc) is 3.12. The van der Waals surface area contributed by atoms with Crippen molar-refractivity contribution in [2.75, 3.05) is 19.7 Å². The lowest BCUT2D eigenvalue weighted by Gasteiger charge is -2.19. The molecule has 0 unspecified atom stereocenters. The number of amides is 1. The molecule has 0 bridgehead atoms. The van der Waals surface area contributed by atoms with E-state index in [1.165, 1.54) is 11.3 Å². The van der Waals surface area contributed by atoms with Gasteiger partial charge in [-0.25, -0.2) is 4.98 Å². The summed E-state index contributed by atoms with van der Waals surface area (Å²) in [6.07, 6.45) is 0. The van der Waals surface area contributed by atoms with Crippen LogP contribution in [0, 0.1) is 0 Å². The highest BCUT2D eigenvalue weighted by Crippen LogP contribution is 2.34. The molecule has 2 aromatic carbocycles. The molecule has 1 heterocycles. The Hall–Kier alpha value is -2.50. The first-order chi connectivity index (χ1) is 12.2. The van der Waals surface area contributed by atoms with E-state index in [1.807, 2.05) is 67.6 Å². The predicted molar refractivity (Wildman–Crippen MR) is 102 cm³/mol. The minimum absolute atomic E-state index is 0.0510. The number of rotatable bonds is 6. The number of aromatic nitrogens is 1. The van der Waals surface area contributed by atoms with Gasteiger partial charge in [0.25, 0.3) is 5.91 Å². The van der Waals surface area contributed by atoms with Crippen molar-refractivity contribution in [2.24, 2.45) is 0 Å². The second kappa shape index (κ2) is 8.05. The third-order valence-corrected chi connectivity index (χ3v) is 5.02. The molecule has 0 saturated carbocycles. The highest BCUT2D eigenvalue weighted by molar-refractivity contribution is 7.17. The highest BCUT2D eigenvalue weighted by Gasteiger charge is 2.23. The zero-order valence-corrected chi connectivity index (χ0v) is 14.9. The topological polar surface area (TPSA) is 53.4 Å². The summed E-state index contributed by atoms with van der Waals surface area (Å²) in [4.78, 5) is 20.0. The van der Waals surface area contributed by atoms with Crippen molar-refractivity contribution in [3.05, 3.63) is 65.5 Å². The molecule has 0 aliphatic heterocycles. The fourth-order valence-corrected chi connectivity index (χ4v) is 3.69. The summed E-state index contributed by atoms with van der Waals surface area (Å²) in [5.74, 6) is -0.0879. The van der Waals surface area contributed by atoms with E-state index in [2.05, 4.69) is 0 Å². The third kappa shape index (κ3) is 3.78. The van der Waals surface area contributed by atoms with Gasteiger partial charge in [0.1, 0.15) is 9.88 Å². The average molecular weight is 352 g/mol. The van der Waals surface area contributed by atoms with E-state index in [0.717, 1.165) is 16.1 Å². The van der Waals surface area contributed by atoms with Gasteiger partial charge in [0.2, 0.25) is 0 Å². The molecule has 0 fully saturated rings. The van der Waals surface area contributed by atoms with Gasteiger partial charge in [-0.05, 0) is 6.92 Å². The first kappa shape index (κ1) is 17.3. The Morgan fingerprint density at radius 2 is 1.64 bits per heavy atom. The van der Waals surface area contributed by atoms with Crippen LogP contribution < -0.4 is 0 Å². The summed E-state index contributed by atoms with van der Waals surface area (Å²) in [5, 5.41) is 10.0. The van der Waals surface area contributed by atoms with Crippen LogP contribution in [0.3, 0.4) is 0 Å². The lowest BCUT2D eigenvalue weighted by molar-refractivity contribution is 0.0737. The zero-order valence-electron chi connectivity index (χ0n) is 14.1. The first-order valence-electron chi connectivity index (χ1n) is 8.26. The molecule has 0 saturated heterocycles. The summed E-state index contributed by atoms with van der Waals surface area (Å²) < 4.78 is 0. The molecule has 1 aromatic heterocycles. The van der Waals surface area contributed by atoms with E-state index in [1.54, 1.807) is 4.90 Å². The zero-order chi connectivity index (χ0) is 17.6. The van der Waals surface area contributed by atoms with Gasteiger partial charge in [-0.1, -0.05) is 60.7 Å². The Kier molecular flexibility index (Phi) is 5.58. The van der Waals surface area contributed by atoms with Crippen molar-refractivity contribution in [1.29, 1.82) is 0 Å². The Balaban J connectivity index is 2.09. The highest BCUT2D eigenvalue weighted by atomic mass is 32.1. The van der Waals surface area contributed by atoms with Crippen LogP contribution in [0.15, 0.2) is 60.7 Å². The number of likely N-dealkylation sites (N-methyl/N-ethyl adjacent to an activating group) is 1. The molecular formula is C20H20N2O2S. The Labute approximate surface area is 151 Å². The summed E-state index contributed by atoms with van der Waals surface area (Å²) in [5.41, 5.74) is 2.61. The van der Waals surface area contributed by atoms with Crippen LogP contribution in [-0.2, 0) is 0 Å². The summed E-state index contributed by atoms with van der Waals surface area (Å²) in [6.45, 7) is 2.73. The van der Waals surface area contributed by atoms with Crippen molar-refractivity contribution in [3.63, 3.8) is 0 Å². The molecule has 0 atom stereocenters. The largest absolute Gasteiger partial charge is 0.395 e. The van der Waals surface area contributed by atoms with Crippen LogP contribution >= 0.6 is 11.3 Å². The maximum absolute atomic E-state index is 13.0. The maximum Gasteiger partial charge on any atom is 0.266 e. The fourth-order valence-electron chi connectivity index (χ4n) is 2.63. The maximum atomic E-state index is 13.0. The fraction of sp³-hybridized carbons (Fsp3) is 0.200. The number of carbonyl (C=O) groups excluding carboxylic acids is 1. The van der Waals surface area contributed by atoms with E-state index in [-0.39, 0.29) is 12.5 Å². The molecule has 0 aliphatic carbocycles. The monoisotopic (exact) mass is 352 g/mol. The van der Waals surface area contributed by atoms with Gasteiger partial charge in [-0.15, -0.1) is 11.3 Å². The SMILES string of the molecule is CCN(CCO)C(=O)c1sc(-c2ccccc2)nc1-c1ccccc1. The van der Waals surface area contributed by atoms with Gasteiger partial charge >= 0.3 is 0 Å². The number of thiazole rings is 1. The molecule has 0 aliphatic rings. The minimum Gasteiger partial charge on any atom is -0.395 e. The summed E-state index contributed by atoms with van der Waals surface area (Å²) in [6, 6.07) is 19.6. The number of hydrogen-bond donors (Lipinski definition) is 1. The minimum atomic E-state index is -0.0879. The molecule has 0 spiro atoms. The number of aliphatic hydroxyl groups is 1. The van der Waals surface area contributed by atoms with E-state index < -0.39 is 0 Å².